The minimum atomic E-state index is -0.0206. The molecule has 3 rings (SSSR count). The van der Waals surface area contributed by atoms with Gasteiger partial charge in [-0.3, -0.25) is 4.79 Å². The maximum Gasteiger partial charge on any atom is 0.247 e. The average Bonchev–Trinajstić information content (AvgIpc) is 3.24. The predicted molar refractivity (Wildman–Crippen MR) is 108 cm³/mol. The first-order valence-electron chi connectivity index (χ1n) is 9.51. The molecule has 2 aromatic rings. The molecule has 1 amide bonds. The molecule has 150 valence electrons. The molecule has 6 heteroatoms. The third-order valence-corrected chi connectivity index (χ3v) is 5.11. The van der Waals surface area contributed by atoms with Crippen LogP contribution < -0.4 is 9.47 Å². The van der Waals surface area contributed by atoms with Crippen LogP contribution in [0.15, 0.2) is 47.1 Å². The second kappa shape index (κ2) is 9.46. The van der Waals surface area contributed by atoms with Crippen molar-refractivity contribution in [2.75, 3.05) is 34.4 Å². The first kappa shape index (κ1) is 20.0. The fourth-order valence-electron chi connectivity index (χ4n) is 3.45. The van der Waals surface area contributed by atoms with Gasteiger partial charge in [-0.15, -0.1) is 0 Å². The van der Waals surface area contributed by atoms with Gasteiger partial charge in [0.05, 0.1) is 27.0 Å². The number of likely N-dealkylation sites (tertiary alicyclic amines) is 1. The number of ether oxygens (including phenoxy) is 2. The highest BCUT2D eigenvalue weighted by Crippen LogP contribution is 2.24. The molecule has 1 saturated heterocycles. The van der Waals surface area contributed by atoms with Gasteiger partial charge in [0, 0.05) is 18.2 Å². The van der Waals surface area contributed by atoms with Gasteiger partial charge in [-0.25, -0.2) is 0 Å². The van der Waals surface area contributed by atoms with Gasteiger partial charge in [0.25, 0.3) is 0 Å². The van der Waals surface area contributed by atoms with E-state index in [2.05, 4.69) is 11.9 Å². The molecule has 0 N–H and O–H groups in total. The fourth-order valence-corrected chi connectivity index (χ4v) is 3.45. The van der Waals surface area contributed by atoms with E-state index in [1.165, 1.54) is 0 Å². The van der Waals surface area contributed by atoms with Crippen LogP contribution in [-0.2, 0) is 11.3 Å². The number of hydrogen-bond acceptors (Lipinski definition) is 5. The Labute approximate surface area is 166 Å². The van der Waals surface area contributed by atoms with Crippen LogP contribution in [0.3, 0.4) is 0 Å². The van der Waals surface area contributed by atoms with Crippen molar-refractivity contribution < 1.29 is 18.7 Å². The molecule has 1 aromatic carbocycles. The maximum atomic E-state index is 13.1. The van der Waals surface area contributed by atoms with Crippen molar-refractivity contribution in [3.63, 3.8) is 0 Å². The minimum Gasteiger partial charge on any atom is -0.497 e. The third-order valence-electron chi connectivity index (χ3n) is 5.11. The van der Waals surface area contributed by atoms with Crippen molar-refractivity contribution in [1.29, 1.82) is 0 Å². The van der Waals surface area contributed by atoms with Gasteiger partial charge < -0.3 is 23.7 Å². The van der Waals surface area contributed by atoms with Crippen molar-refractivity contribution in [2.45, 2.75) is 25.4 Å². The van der Waals surface area contributed by atoms with Gasteiger partial charge in [0.2, 0.25) is 5.91 Å². The summed E-state index contributed by atoms with van der Waals surface area (Å²) < 4.78 is 16.1. The summed E-state index contributed by atoms with van der Waals surface area (Å²) in [6, 6.07) is 9.52. The number of hydrogen-bond donors (Lipinski definition) is 0. The summed E-state index contributed by atoms with van der Waals surface area (Å²) in [5, 5.41) is 0. The van der Waals surface area contributed by atoms with E-state index in [0.29, 0.717) is 18.0 Å². The molecule has 2 heterocycles. The number of piperidine rings is 1. The van der Waals surface area contributed by atoms with Crippen LogP contribution in [0.4, 0.5) is 0 Å². The minimum absolute atomic E-state index is 0.0206. The van der Waals surface area contributed by atoms with E-state index in [9.17, 15) is 4.79 Å². The first-order valence-corrected chi connectivity index (χ1v) is 9.51. The highest BCUT2D eigenvalue weighted by molar-refractivity contribution is 5.92. The van der Waals surface area contributed by atoms with Gasteiger partial charge in [0.1, 0.15) is 17.3 Å². The van der Waals surface area contributed by atoms with E-state index in [4.69, 9.17) is 13.9 Å². The van der Waals surface area contributed by atoms with E-state index in [1.54, 1.807) is 38.7 Å². The maximum absolute atomic E-state index is 13.1. The Bertz CT molecular complexity index is 771. The monoisotopic (exact) mass is 384 g/mol. The van der Waals surface area contributed by atoms with E-state index in [0.717, 1.165) is 37.3 Å². The lowest BCUT2D eigenvalue weighted by atomic mass is 10.0. The molecule has 28 heavy (non-hydrogen) atoms. The number of benzene rings is 1. The summed E-state index contributed by atoms with van der Waals surface area (Å²) >= 11 is 0. The molecule has 0 atom stereocenters. The first-order chi connectivity index (χ1) is 13.6. The molecule has 1 aliphatic heterocycles. The van der Waals surface area contributed by atoms with Crippen molar-refractivity contribution in [1.82, 2.24) is 9.80 Å². The van der Waals surface area contributed by atoms with E-state index in [-0.39, 0.29) is 11.9 Å². The number of nitrogens with zero attached hydrogens (tertiary/aromatic N) is 2. The number of rotatable bonds is 7. The molecule has 0 spiro atoms. The lowest BCUT2D eigenvalue weighted by Crippen LogP contribution is -2.45. The zero-order chi connectivity index (χ0) is 19.9. The van der Waals surface area contributed by atoms with Crippen LogP contribution in [0.2, 0.25) is 0 Å². The van der Waals surface area contributed by atoms with Crippen molar-refractivity contribution in [3.8, 4) is 11.5 Å². The summed E-state index contributed by atoms with van der Waals surface area (Å²) in [7, 11) is 5.34. The van der Waals surface area contributed by atoms with Crippen LogP contribution in [0.5, 0.6) is 11.5 Å². The fraction of sp³-hybridized carbons (Fsp3) is 0.409. The summed E-state index contributed by atoms with van der Waals surface area (Å²) in [5.74, 6) is 2.15. The number of carbonyl (C=O) groups is 1. The molecule has 1 fully saturated rings. The van der Waals surface area contributed by atoms with Gasteiger partial charge in [-0.05, 0) is 68.9 Å². The molecule has 0 saturated carbocycles. The van der Waals surface area contributed by atoms with Gasteiger partial charge in [0.15, 0.2) is 0 Å². The summed E-state index contributed by atoms with van der Waals surface area (Å²) in [4.78, 5) is 17.3. The Morgan fingerprint density at radius 3 is 2.46 bits per heavy atom. The normalized spacial score (nSPS) is 15.7. The number of amides is 1. The predicted octanol–water partition coefficient (Wildman–Crippen LogP) is 3.43. The standard InChI is InChI=1S/C22H28N2O4/c1-23-10-8-18(9-11-23)24(16-19-5-4-12-28-19)22(25)7-6-17-13-20(26-2)15-21(14-17)27-3/h4-7,12-15,18H,8-11,16H2,1-3H3/b7-6+. The zero-order valence-corrected chi connectivity index (χ0v) is 16.8. The van der Waals surface area contributed by atoms with Gasteiger partial charge in [-0.1, -0.05) is 0 Å². The largest absolute Gasteiger partial charge is 0.497 e. The molecule has 1 aromatic heterocycles. The van der Waals surface area contributed by atoms with Gasteiger partial charge >= 0.3 is 0 Å². The molecule has 0 aliphatic carbocycles. The molecule has 0 unspecified atom stereocenters. The molecular weight excluding hydrogens is 356 g/mol. The van der Waals surface area contributed by atoms with Crippen molar-refractivity contribution in [3.05, 3.63) is 54.0 Å². The second-order valence-corrected chi connectivity index (χ2v) is 7.06. The highest BCUT2D eigenvalue weighted by Gasteiger charge is 2.26. The van der Waals surface area contributed by atoms with E-state index < -0.39 is 0 Å². The molecule has 1 aliphatic rings. The van der Waals surface area contributed by atoms with Crippen LogP contribution in [0.1, 0.15) is 24.2 Å². The van der Waals surface area contributed by atoms with Crippen LogP contribution >= 0.6 is 0 Å². The SMILES string of the molecule is COc1cc(/C=C/C(=O)N(Cc2ccco2)C2CCN(C)CC2)cc(OC)c1. The number of carbonyl (C=O) groups excluding carboxylic acids is 1. The molecule has 0 radical (unpaired) electrons. The van der Waals surface area contributed by atoms with E-state index in [1.807, 2.05) is 29.2 Å². The summed E-state index contributed by atoms with van der Waals surface area (Å²) in [5.41, 5.74) is 0.853. The summed E-state index contributed by atoms with van der Waals surface area (Å²) in [6.07, 6.45) is 6.99. The smallest absolute Gasteiger partial charge is 0.247 e. The van der Waals surface area contributed by atoms with Crippen molar-refractivity contribution >= 4 is 12.0 Å². The number of furan rings is 1. The quantitative estimate of drug-likeness (QED) is 0.685. The van der Waals surface area contributed by atoms with E-state index >= 15 is 0 Å². The average molecular weight is 384 g/mol. The van der Waals surface area contributed by atoms with Crippen LogP contribution in [-0.4, -0.2) is 56.1 Å². The van der Waals surface area contributed by atoms with Crippen LogP contribution in [0.25, 0.3) is 6.08 Å². The molecular formula is C22H28N2O4. The number of methoxy groups -OCH3 is 2. The molecule has 6 nitrogen and oxygen atoms in total. The Kier molecular flexibility index (Phi) is 6.76. The lowest BCUT2D eigenvalue weighted by molar-refractivity contribution is -0.130. The Balaban J connectivity index is 1.77. The highest BCUT2D eigenvalue weighted by atomic mass is 16.5. The van der Waals surface area contributed by atoms with Gasteiger partial charge in [-0.2, -0.15) is 0 Å². The summed E-state index contributed by atoms with van der Waals surface area (Å²) in [6.45, 7) is 2.46. The zero-order valence-electron chi connectivity index (χ0n) is 16.8. The lowest BCUT2D eigenvalue weighted by Gasteiger charge is -2.36. The Hall–Kier alpha value is -2.73. The van der Waals surface area contributed by atoms with Crippen LogP contribution in [0, 0.1) is 0 Å². The molecule has 0 bridgehead atoms. The van der Waals surface area contributed by atoms with Crippen molar-refractivity contribution in [2.24, 2.45) is 0 Å². The Morgan fingerprint density at radius 2 is 1.89 bits per heavy atom. The second-order valence-electron chi connectivity index (χ2n) is 7.06. The Morgan fingerprint density at radius 1 is 1.21 bits per heavy atom. The third kappa shape index (κ3) is 5.16. The topological polar surface area (TPSA) is 55.2 Å².